The highest BCUT2D eigenvalue weighted by Crippen LogP contribution is 2.40. The SMILES string of the molecule is COc1ccc(-c2ccc(C#CC(C)(C)O)nc2[C@@H](N)Cc2cc(F)cc(F)c2)c2c1c(NS(C)(=O)=O)nn2C. The molecule has 0 fully saturated rings. The van der Waals surface area contributed by atoms with Crippen LogP contribution in [0.2, 0.25) is 0 Å². The van der Waals surface area contributed by atoms with Crippen molar-refractivity contribution >= 4 is 26.7 Å². The van der Waals surface area contributed by atoms with Gasteiger partial charge in [-0.15, -0.1) is 0 Å². The van der Waals surface area contributed by atoms with E-state index in [0.717, 1.165) is 12.3 Å². The van der Waals surface area contributed by atoms with E-state index in [1.54, 1.807) is 31.3 Å². The number of hydrogen-bond donors (Lipinski definition) is 3. The maximum Gasteiger partial charge on any atom is 0.231 e. The van der Waals surface area contributed by atoms with E-state index < -0.39 is 33.3 Å². The minimum atomic E-state index is -3.66. The number of rotatable bonds is 7. The second-order valence-corrected chi connectivity index (χ2v) is 11.7. The van der Waals surface area contributed by atoms with Crippen LogP contribution in [0.3, 0.4) is 0 Å². The summed E-state index contributed by atoms with van der Waals surface area (Å²) in [4.78, 5) is 4.67. The van der Waals surface area contributed by atoms with Gasteiger partial charge in [0.1, 0.15) is 28.7 Å². The largest absolute Gasteiger partial charge is 0.496 e. The summed E-state index contributed by atoms with van der Waals surface area (Å²) in [7, 11) is -0.537. The molecule has 0 aliphatic heterocycles. The Balaban J connectivity index is 1.95. The van der Waals surface area contributed by atoms with Gasteiger partial charge in [-0.3, -0.25) is 9.40 Å². The average molecular weight is 570 g/mol. The summed E-state index contributed by atoms with van der Waals surface area (Å²) >= 11 is 0. The van der Waals surface area contributed by atoms with Crippen molar-refractivity contribution in [1.82, 2.24) is 14.8 Å². The molecule has 40 heavy (non-hydrogen) atoms. The van der Waals surface area contributed by atoms with E-state index in [1.165, 1.54) is 37.8 Å². The Hall–Kier alpha value is -4.05. The van der Waals surface area contributed by atoms with Crippen LogP contribution < -0.4 is 15.2 Å². The highest BCUT2D eigenvalue weighted by molar-refractivity contribution is 7.92. The fourth-order valence-corrected chi connectivity index (χ4v) is 4.87. The van der Waals surface area contributed by atoms with Gasteiger partial charge in [0.15, 0.2) is 5.82 Å². The molecule has 4 N–H and O–H groups in total. The molecule has 0 radical (unpaired) electrons. The number of aryl methyl sites for hydroxylation is 1. The van der Waals surface area contributed by atoms with Crippen LogP contribution >= 0.6 is 0 Å². The van der Waals surface area contributed by atoms with E-state index in [0.29, 0.717) is 44.7 Å². The predicted octanol–water partition coefficient (Wildman–Crippen LogP) is 3.66. The smallest absolute Gasteiger partial charge is 0.231 e. The van der Waals surface area contributed by atoms with Gasteiger partial charge in [0.2, 0.25) is 10.0 Å². The van der Waals surface area contributed by atoms with E-state index in [2.05, 4.69) is 26.6 Å². The molecule has 9 nitrogen and oxygen atoms in total. The summed E-state index contributed by atoms with van der Waals surface area (Å²) in [6.07, 6.45) is 1.08. The molecular formula is C28H29F2N5O4S. The number of fused-ring (bicyclic) bond motifs is 1. The van der Waals surface area contributed by atoms with Gasteiger partial charge in [-0.2, -0.15) is 5.10 Å². The molecule has 0 saturated carbocycles. The molecule has 210 valence electrons. The first-order valence-corrected chi connectivity index (χ1v) is 14.0. The Morgan fingerprint density at radius 2 is 1.80 bits per heavy atom. The van der Waals surface area contributed by atoms with Crippen LogP contribution in [0.1, 0.15) is 36.8 Å². The monoisotopic (exact) mass is 569 g/mol. The highest BCUT2D eigenvalue weighted by atomic mass is 32.2. The fourth-order valence-electron chi connectivity index (χ4n) is 4.37. The number of aliphatic hydroxyl groups is 1. The van der Waals surface area contributed by atoms with Gasteiger partial charge in [-0.1, -0.05) is 5.92 Å². The van der Waals surface area contributed by atoms with E-state index in [9.17, 15) is 22.3 Å². The van der Waals surface area contributed by atoms with E-state index in [1.807, 2.05) is 0 Å². The molecule has 12 heteroatoms. The number of nitrogens with zero attached hydrogens (tertiary/aromatic N) is 3. The number of methoxy groups -OCH3 is 1. The Morgan fingerprint density at radius 1 is 1.15 bits per heavy atom. The summed E-state index contributed by atoms with van der Waals surface area (Å²) in [5, 5.41) is 14.8. The molecule has 4 aromatic rings. The Labute approximate surface area is 231 Å². The first-order valence-electron chi connectivity index (χ1n) is 12.1. The third kappa shape index (κ3) is 6.56. The van der Waals surface area contributed by atoms with Crippen LogP contribution in [0.4, 0.5) is 14.6 Å². The number of ether oxygens (including phenoxy) is 1. The van der Waals surface area contributed by atoms with Crippen molar-refractivity contribution in [2.24, 2.45) is 12.8 Å². The summed E-state index contributed by atoms with van der Waals surface area (Å²) in [5.41, 5.74) is 8.09. The molecule has 0 spiro atoms. The number of benzene rings is 2. The predicted molar refractivity (Wildman–Crippen MR) is 149 cm³/mol. The van der Waals surface area contributed by atoms with Crippen molar-refractivity contribution < 1.29 is 27.0 Å². The highest BCUT2D eigenvalue weighted by Gasteiger charge is 2.24. The molecule has 2 heterocycles. The van der Waals surface area contributed by atoms with Gasteiger partial charge in [0.25, 0.3) is 0 Å². The Bertz CT molecular complexity index is 1750. The third-order valence-electron chi connectivity index (χ3n) is 5.89. The van der Waals surface area contributed by atoms with Crippen LogP contribution in [-0.2, 0) is 23.5 Å². The summed E-state index contributed by atoms with van der Waals surface area (Å²) in [5.74, 6) is 4.57. The fraction of sp³-hybridized carbons (Fsp3) is 0.286. The Morgan fingerprint density at radius 3 is 2.40 bits per heavy atom. The summed E-state index contributed by atoms with van der Waals surface area (Å²) in [6, 6.07) is 9.22. The molecule has 0 saturated heterocycles. The zero-order valence-electron chi connectivity index (χ0n) is 22.6. The van der Waals surface area contributed by atoms with Crippen LogP contribution in [0, 0.1) is 23.5 Å². The number of aromatic nitrogens is 3. The Kier molecular flexibility index (Phi) is 7.85. The van der Waals surface area contributed by atoms with Crippen LogP contribution in [0.15, 0.2) is 42.5 Å². The minimum absolute atomic E-state index is 0.0582. The molecule has 0 amide bonds. The van der Waals surface area contributed by atoms with Gasteiger partial charge in [-0.25, -0.2) is 22.2 Å². The third-order valence-corrected chi connectivity index (χ3v) is 6.46. The number of halogens is 2. The second-order valence-electron chi connectivity index (χ2n) is 9.91. The van der Waals surface area contributed by atoms with Crippen LogP contribution in [0.5, 0.6) is 5.75 Å². The first-order chi connectivity index (χ1) is 18.6. The lowest BCUT2D eigenvalue weighted by atomic mass is 9.94. The van der Waals surface area contributed by atoms with Gasteiger partial charge in [0.05, 0.1) is 36.0 Å². The number of sulfonamides is 1. The average Bonchev–Trinajstić information content (AvgIpc) is 3.15. The molecule has 0 aliphatic carbocycles. The van der Waals surface area contributed by atoms with Gasteiger partial charge >= 0.3 is 0 Å². The van der Waals surface area contributed by atoms with Crippen molar-refractivity contribution in [3.63, 3.8) is 0 Å². The summed E-state index contributed by atoms with van der Waals surface area (Å²) < 4.78 is 61.3. The normalized spacial score (nSPS) is 12.6. The second kappa shape index (κ2) is 10.8. The molecule has 0 bridgehead atoms. The number of pyridine rings is 1. The quantitative estimate of drug-likeness (QED) is 0.290. The topological polar surface area (TPSA) is 132 Å². The number of nitrogens with one attached hydrogen (secondary N) is 1. The molecule has 2 aromatic heterocycles. The van der Waals surface area contributed by atoms with Crippen molar-refractivity contribution in [2.45, 2.75) is 31.9 Å². The van der Waals surface area contributed by atoms with Crippen molar-refractivity contribution in [1.29, 1.82) is 0 Å². The lowest BCUT2D eigenvalue weighted by molar-refractivity contribution is 0.143. The number of anilines is 1. The van der Waals surface area contributed by atoms with Crippen LogP contribution in [-0.4, -0.2) is 47.3 Å². The van der Waals surface area contributed by atoms with E-state index in [4.69, 9.17) is 10.5 Å². The molecule has 2 aromatic carbocycles. The molecule has 0 unspecified atom stereocenters. The van der Waals surface area contributed by atoms with Crippen molar-refractivity contribution in [3.8, 4) is 28.7 Å². The minimum Gasteiger partial charge on any atom is -0.496 e. The lowest BCUT2D eigenvalue weighted by Crippen LogP contribution is -2.17. The van der Waals surface area contributed by atoms with Crippen molar-refractivity contribution in [2.75, 3.05) is 18.1 Å². The zero-order valence-corrected chi connectivity index (χ0v) is 23.4. The van der Waals surface area contributed by atoms with Gasteiger partial charge in [0, 0.05) is 24.2 Å². The van der Waals surface area contributed by atoms with Gasteiger partial charge in [-0.05, 0) is 68.2 Å². The van der Waals surface area contributed by atoms with Crippen molar-refractivity contribution in [3.05, 3.63) is 71.1 Å². The van der Waals surface area contributed by atoms with Gasteiger partial charge < -0.3 is 15.6 Å². The maximum absolute atomic E-state index is 13.9. The first kappa shape index (κ1) is 28.9. The number of nitrogens with two attached hydrogens (primary N) is 1. The zero-order chi connectivity index (χ0) is 29.4. The summed E-state index contributed by atoms with van der Waals surface area (Å²) in [6.45, 7) is 3.08. The standard InChI is InChI=1S/C28H29F2N5O4S/c1-28(2,36)11-10-19-6-7-20(25(32-19)22(31)14-16-12-17(29)15-18(30)13-16)21-8-9-23(39-4)24-26(21)35(3)33-27(24)34-40(5,37)38/h6-9,12-13,15,22,36H,14,31H2,1-5H3,(H,33,34)/t22-/m0/s1. The van der Waals surface area contributed by atoms with Crippen LogP contribution in [0.25, 0.3) is 22.0 Å². The van der Waals surface area contributed by atoms with E-state index >= 15 is 0 Å². The molecule has 1 atom stereocenters. The molecule has 4 rings (SSSR count). The lowest BCUT2D eigenvalue weighted by Gasteiger charge is -2.18. The maximum atomic E-state index is 13.9. The number of hydrogen-bond acceptors (Lipinski definition) is 7. The molecule has 0 aliphatic rings. The van der Waals surface area contributed by atoms with E-state index in [-0.39, 0.29) is 12.2 Å². The molecular weight excluding hydrogens is 540 g/mol.